The van der Waals surface area contributed by atoms with Crippen LogP contribution in [-0.2, 0) is 33.2 Å². The highest BCUT2D eigenvalue weighted by Gasteiger charge is 2.95. The molecule has 1 N–H and O–H groups in total. The summed E-state index contributed by atoms with van der Waals surface area (Å²) in [6.45, 7) is 11.3. The van der Waals surface area contributed by atoms with Crippen molar-refractivity contribution in [1.29, 1.82) is 0 Å². The molecule has 5 heterocycles. The Balaban J connectivity index is 1.22. The molecular formula is C35H38O12. The van der Waals surface area contributed by atoms with E-state index >= 15 is 0 Å². The molecular weight excluding hydrogens is 612 g/mol. The Morgan fingerprint density at radius 2 is 1.77 bits per heavy atom. The standard InChI is InChI=1S/C35H38O12/c1-16(2)22-24(36)28-35(46-28)33(6)12-11-17-23(18(33)15-21-34(35,45-21)27(22)44-31(39)47-32(3,4)5)26(43-29(17)37)25(19-9-7-13-40-19)42-30(38)20-10-8-14-41-20/h7-10,13-14,16,18,21-22,24,27-28,36H,11-12,15H2,1-6H3/b26-25+/t18-,21-,22+,24+,27+,28-,33-,34+,35+/m0/s1. The minimum absolute atomic E-state index is 0.0319. The fourth-order valence-electron chi connectivity index (χ4n) is 9.16. The summed E-state index contributed by atoms with van der Waals surface area (Å²) in [5, 5.41) is 11.8. The number of fused-ring (bicyclic) bond motifs is 2. The van der Waals surface area contributed by atoms with Crippen molar-refractivity contribution in [3.8, 4) is 0 Å². The van der Waals surface area contributed by atoms with Crippen molar-refractivity contribution < 1.29 is 56.7 Å². The molecule has 0 radical (unpaired) electrons. The van der Waals surface area contributed by atoms with Crippen LogP contribution in [0.1, 0.15) is 77.1 Å². The van der Waals surface area contributed by atoms with Gasteiger partial charge >= 0.3 is 18.1 Å². The Hall–Kier alpha value is -3.87. The number of cyclic esters (lactones) is 1. The number of hydrogen-bond donors (Lipinski definition) is 1. The minimum atomic E-state index is -1.03. The van der Waals surface area contributed by atoms with Gasteiger partial charge in [0.05, 0.1) is 24.7 Å². The smallest absolute Gasteiger partial charge is 0.461 e. The molecule has 47 heavy (non-hydrogen) atoms. The Morgan fingerprint density at radius 1 is 1.06 bits per heavy atom. The van der Waals surface area contributed by atoms with E-state index in [4.69, 9.17) is 37.3 Å². The highest BCUT2D eigenvalue weighted by atomic mass is 16.8. The zero-order valence-corrected chi connectivity index (χ0v) is 27.1. The number of allylic oxidation sites excluding steroid dienone is 1. The molecule has 0 unspecified atom stereocenters. The second kappa shape index (κ2) is 9.83. The van der Waals surface area contributed by atoms with Crippen molar-refractivity contribution in [2.24, 2.45) is 23.2 Å². The number of esters is 2. The van der Waals surface area contributed by atoms with Crippen LogP contribution in [0.4, 0.5) is 4.79 Å². The van der Waals surface area contributed by atoms with Crippen LogP contribution in [0.5, 0.6) is 0 Å². The number of hydrogen-bond acceptors (Lipinski definition) is 12. The lowest BCUT2D eigenvalue weighted by atomic mass is 9.46. The van der Waals surface area contributed by atoms with E-state index in [2.05, 4.69) is 6.92 Å². The third-order valence-corrected chi connectivity index (χ3v) is 11.0. The zero-order valence-electron chi connectivity index (χ0n) is 27.1. The Labute approximate surface area is 270 Å². The molecule has 2 aromatic heterocycles. The van der Waals surface area contributed by atoms with Gasteiger partial charge in [0.25, 0.3) is 0 Å². The molecule has 2 aromatic rings. The molecule has 8 rings (SSSR count). The molecule has 12 heteroatoms. The van der Waals surface area contributed by atoms with Crippen LogP contribution in [-0.4, -0.2) is 64.4 Å². The van der Waals surface area contributed by atoms with E-state index in [-0.39, 0.29) is 34.9 Å². The fourth-order valence-corrected chi connectivity index (χ4v) is 9.16. The van der Waals surface area contributed by atoms with Crippen molar-refractivity contribution >= 4 is 23.9 Å². The van der Waals surface area contributed by atoms with Gasteiger partial charge in [-0.25, -0.2) is 14.4 Å². The van der Waals surface area contributed by atoms with Crippen molar-refractivity contribution in [1.82, 2.24) is 0 Å². The van der Waals surface area contributed by atoms with Gasteiger partial charge in [0.15, 0.2) is 17.1 Å². The van der Waals surface area contributed by atoms with Gasteiger partial charge in [-0.05, 0) is 76.1 Å². The third-order valence-electron chi connectivity index (χ3n) is 11.0. The summed E-state index contributed by atoms with van der Waals surface area (Å²) in [4.78, 5) is 39.7. The monoisotopic (exact) mass is 650 g/mol. The van der Waals surface area contributed by atoms with Crippen molar-refractivity contribution in [2.75, 3.05) is 0 Å². The molecule has 3 aliphatic heterocycles. The van der Waals surface area contributed by atoms with Gasteiger partial charge in [0, 0.05) is 22.5 Å². The Morgan fingerprint density at radius 3 is 2.40 bits per heavy atom. The van der Waals surface area contributed by atoms with Gasteiger partial charge in [-0.1, -0.05) is 20.8 Å². The number of aliphatic hydroxyl groups excluding tert-OH is 1. The van der Waals surface area contributed by atoms with Crippen LogP contribution in [0.15, 0.2) is 62.5 Å². The second-order valence-corrected chi connectivity index (χ2v) is 15.0. The average molecular weight is 651 g/mol. The highest BCUT2D eigenvalue weighted by molar-refractivity contribution is 5.98. The van der Waals surface area contributed by atoms with E-state index in [0.29, 0.717) is 30.4 Å². The summed E-state index contributed by atoms with van der Waals surface area (Å²) in [7, 11) is 0. The third kappa shape index (κ3) is 4.07. The van der Waals surface area contributed by atoms with E-state index < -0.39 is 70.6 Å². The van der Waals surface area contributed by atoms with E-state index in [9.17, 15) is 19.5 Å². The SMILES string of the molecule is CC(C)[C@@H]1[C@@H](O)[C@@H]2O[C@]23[C@]2(O[C@H]2C[C@H]2C4=C(CC[C@@]23C)C(=O)O/C4=C(/OC(=O)c2ccco2)c2ccco2)[C@@H]1OC(=O)OC(C)(C)C. The summed E-state index contributed by atoms with van der Waals surface area (Å²) >= 11 is 0. The van der Waals surface area contributed by atoms with Crippen LogP contribution in [0.2, 0.25) is 0 Å². The van der Waals surface area contributed by atoms with Gasteiger partial charge in [-0.2, -0.15) is 0 Å². The number of aliphatic hydroxyl groups is 1. The number of carbonyl (C=O) groups excluding carboxylic acids is 3. The van der Waals surface area contributed by atoms with Crippen molar-refractivity contribution in [3.63, 3.8) is 0 Å². The van der Waals surface area contributed by atoms with Crippen LogP contribution in [0.3, 0.4) is 0 Å². The molecule has 0 amide bonds. The molecule has 3 aliphatic carbocycles. The lowest BCUT2D eigenvalue weighted by Gasteiger charge is -2.55. The summed E-state index contributed by atoms with van der Waals surface area (Å²) in [5.41, 5.74) is -2.46. The van der Waals surface area contributed by atoms with Crippen LogP contribution in [0, 0.1) is 23.2 Å². The zero-order chi connectivity index (χ0) is 33.3. The molecule has 250 valence electrons. The largest absolute Gasteiger partial charge is 0.509 e. The van der Waals surface area contributed by atoms with E-state index in [1.54, 1.807) is 39.0 Å². The fraction of sp³-hybridized carbons (Fsp3) is 0.571. The quantitative estimate of drug-likeness (QED) is 0.192. The minimum Gasteiger partial charge on any atom is -0.461 e. The summed E-state index contributed by atoms with van der Waals surface area (Å²) < 4.78 is 47.7. The van der Waals surface area contributed by atoms with Crippen LogP contribution < -0.4 is 0 Å². The van der Waals surface area contributed by atoms with Gasteiger partial charge in [-0.15, -0.1) is 0 Å². The van der Waals surface area contributed by atoms with Crippen LogP contribution >= 0.6 is 0 Å². The van der Waals surface area contributed by atoms with Crippen LogP contribution in [0.25, 0.3) is 5.76 Å². The topological polar surface area (TPSA) is 160 Å². The number of carbonyl (C=O) groups is 3. The average Bonchev–Trinajstić information content (AvgIpc) is 3.61. The molecule has 2 saturated heterocycles. The molecule has 2 saturated carbocycles. The van der Waals surface area contributed by atoms with E-state index in [0.717, 1.165) is 0 Å². The molecule has 4 fully saturated rings. The van der Waals surface area contributed by atoms with Gasteiger partial charge < -0.3 is 42.4 Å². The lowest BCUT2D eigenvalue weighted by Crippen LogP contribution is -2.70. The number of rotatable bonds is 5. The first-order valence-corrected chi connectivity index (χ1v) is 16.2. The molecule has 0 bridgehead atoms. The number of furan rings is 2. The van der Waals surface area contributed by atoms with Gasteiger partial charge in [0.1, 0.15) is 23.4 Å². The highest BCUT2D eigenvalue weighted by Crippen LogP contribution is 2.80. The van der Waals surface area contributed by atoms with Gasteiger partial charge in [-0.3, -0.25) is 0 Å². The van der Waals surface area contributed by atoms with Crippen molar-refractivity contribution in [3.05, 3.63) is 65.2 Å². The molecule has 6 aliphatic rings. The Kier molecular flexibility index (Phi) is 6.37. The maximum absolute atomic E-state index is 13.4. The molecule has 2 spiro atoms. The summed E-state index contributed by atoms with van der Waals surface area (Å²) in [5.74, 6) is -2.00. The van der Waals surface area contributed by atoms with E-state index in [1.807, 2.05) is 13.8 Å². The normalized spacial score (nSPS) is 39.1. The lowest BCUT2D eigenvalue weighted by molar-refractivity contribution is -0.144. The molecule has 9 atom stereocenters. The predicted octanol–water partition coefficient (Wildman–Crippen LogP) is 5.31. The molecule has 0 aromatic carbocycles. The van der Waals surface area contributed by atoms with Crippen molar-refractivity contribution in [2.45, 2.75) is 102 Å². The number of epoxide rings is 2. The summed E-state index contributed by atoms with van der Waals surface area (Å²) in [6.07, 6.45) is 0.476. The summed E-state index contributed by atoms with van der Waals surface area (Å²) in [6, 6.07) is 6.29. The first-order valence-electron chi connectivity index (χ1n) is 16.2. The van der Waals surface area contributed by atoms with E-state index in [1.165, 1.54) is 18.6 Å². The Bertz CT molecular complexity index is 1710. The maximum Gasteiger partial charge on any atom is 0.509 e. The van der Waals surface area contributed by atoms with Gasteiger partial charge in [0.2, 0.25) is 11.5 Å². The number of ether oxygens (including phenoxy) is 6. The first-order chi connectivity index (χ1) is 22.2. The predicted molar refractivity (Wildman–Crippen MR) is 159 cm³/mol. The second-order valence-electron chi connectivity index (χ2n) is 15.0. The maximum atomic E-state index is 13.4. The molecule has 12 nitrogen and oxygen atoms in total. The first kappa shape index (κ1) is 30.5.